The molecule has 1 saturated heterocycles. The molecule has 6 heteroatoms. The van der Waals surface area contributed by atoms with Gasteiger partial charge in [-0.15, -0.1) is 0 Å². The minimum atomic E-state index is -1.90. The van der Waals surface area contributed by atoms with Gasteiger partial charge in [0.15, 0.2) is 8.32 Å². The van der Waals surface area contributed by atoms with Crippen LogP contribution in [0.4, 0.5) is 0 Å². The van der Waals surface area contributed by atoms with E-state index in [9.17, 15) is 4.79 Å². The van der Waals surface area contributed by atoms with Gasteiger partial charge in [-0.3, -0.25) is 0 Å². The lowest BCUT2D eigenvalue weighted by atomic mass is 9.98. The van der Waals surface area contributed by atoms with Gasteiger partial charge in [-0.2, -0.15) is 0 Å². The van der Waals surface area contributed by atoms with E-state index in [4.69, 9.17) is 18.6 Å². The third kappa shape index (κ3) is 9.29. The largest absolute Gasteiger partial charge is 0.497 e. The van der Waals surface area contributed by atoms with Crippen molar-refractivity contribution in [2.24, 2.45) is 0 Å². The van der Waals surface area contributed by atoms with Crippen molar-refractivity contribution >= 4 is 14.6 Å². The Labute approximate surface area is 208 Å². The van der Waals surface area contributed by atoms with Gasteiger partial charge in [0, 0.05) is 6.42 Å². The Morgan fingerprint density at radius 2 is 1.88 bits per heavy atom. The molecule has 0 amide bonds. The molecule has 5 nitrogen and oxygen atoms in total. The third-order valence-corrected chi connectivity index (χ3v) is 11.6. The Balaban J connectivity index is 1.71. The second kappa shape index (κ2) is 13.6. The van der Waals surface area contributed by atoms with Crippen molar-refractivity contribution in [2.45, 2.75) is 115 Å². The first kappa shape index (κ1) is 28.8. The van der Waals surface area contributed by atoms with Gasteiger partial charge in [0.05, 0.1) is 38.1 Å². The van der Waals surface area contributed by atoms with E-state index in [0.717, 1.165) is 49.7 Å². The maximum atomic E-state index is 11.3. The van der Waals surface area contributed by atoms with Crippen LogP contribution in [-0.4, -0.2) is 46.1 Å². The van der Waals surface area contributed by atoms with Crippen molar-refractivity contribution in [2.75, 3.05) is 7.11 Å². The molecule has 0 aliphatic carbocycles. The van der Waals surface area contributed by atoms with Crippen molar-refractivity contribution in [3.8, 4) is 5.75 Å². The summed E-state index contributed by atoms with van der Waals surface area (Å²) < 4.78 is 24.1. The van der Waals surface area contributed by atoms with E-state index in [0.29, 0.717) is 13.0 Å². The van der Waals surface area contributed by atoms with Gasteiger partial charge >= 0.3 is 0 Å². The average Bonchev–Trinajstić information content (AvgIpc) is 2.78. The van der Waals surface area contributed by atoms with Crippen LogP contribution in [0.5, 0.6) is 5.75 Å². The van der Waals surface area contributed by atoms with Gasteiger partial charge in [-0.25, -0.2) is 0 Å². The highest BCUT2D eigenvalue weighted by atomic mass is 28.4. The molecule has 34 heavy (non-hydrogen) atoms. The molecule has 2 rings (SSSR count). The highest BCUT2D eigenvalue weighted by molar-refractivity contribution is 6.74. The number of unbranched alkanes of at least 4 members (excludes halogenated alkanes) is 1. The van der Waals surface area contributed by atoms with Gasteiger partial charge in [0.1, 0.15) is 12.0 Å². The number of ether oxygens (including phenoxy) is 3. The monoisotopic (exact) mass is 490 g/mol. The summed E-state index contributed by atoms with van der Waals surface area (Å²) >= 11 is 0. The molecule has 192 valence electrons. The van der Waals surface area contributed by atoms with E-state index in [1.165, 1.54) is 0 Å². The number of hydrogen-bond acceptors (Lipinski definition) is 5. The summed E-state index contributed by atoms with van der Waals surface area (Å²) in [5, 5.41) is 0.144. The highest BCUT2D eigenvalue weighted by Gasteiger charge is 2.42. The molecular formula is C28H46O5Si. The average molecular weight is 491 g/mol. The zero-order valence-electron chi connectivity index (χ0n) is 22.3. The molecule has 1 aliphatic heterocycles. The lowest BCUT2D eigenvalue weighted by Crippen LogP contribution is -2.50. The number of carbonyl (C=O) groups excluding carboxylic acids is 1. The lowest BCUT2D eigenvalue weighted by molar-refractivity contribution is -0.122. The SMILES string of the molecule is COc1ccc(CO[C@@H](C)CCC/C=C/[C@H]2CC[C@H](O[Si](C)(C)C(C)(C)C)[C@@H](CC=O)O2)cc1. The van der Waals surface area contributed by atoms with Crippen LogP contribution in [0.3, 0.4) is 0 Å². The maximum Gasteiger partial charge on any atom is 0.192 e. The molecule has 0 N–H and O–H groups in total. The molecule has 1 aromatic rings. The molecule has 0 radical (unpaired) electrons. The van der Waals surface area contributed by atoms with Gasteiger partial charge in [0.2, 0.25) is 0 Å². The molecule has 0 unspecified atom stereocenters. The van der Waals surface area contributed by atoms with Crippen molar-refractivity contribution in [3.63, 3.8) is 0 Å². The highest BCUT2D eigenvalue weighted by Crippen LogP contribution is 2.39. The summed E-state index contributed by atoms with van der Waals surface area (Å²) in [6.45, 7) is 14.0. The minimum absolute atomic E-state index is 0.0134. The normalized spacial score (nSPS) is 22.6. The van der Waals surface area contributed by atoms with Crippen molar-refractivity contribution in [3.05, 3.63) is 42.0 Å². The molecule has 1 heterocycles. The number of benzene rings is 1. The van der Waals surface area contributed by atoms with E-state index in [1.54, 1.807) is 7.11 Å². The van der Waals surface area contributed by atoms with Gasteiger partial charge in [-0.05, 0) is 74.9 Å². The zero-order valence-corrected chi connectivity index (χ0v) is 23.3. The Kier molecular flexibility index (Phi) is 11.5. The molecule has 0 saturated carbocycles. The van der Waals surface area contributed by atoms with Crippen LogP contribution in [0, 0.1) is 0 Å². The number of hydrogen-bond donors (Lipinski definition) is 0. The zero-order chi connectivity index (χ0) is 25.2. The number of carbonyl (C=O) groups is 1. The predicted octanol–water partition coefficient (Wildman–Crippen LogP) is 6.85. The Hall–Kier alpha value is -1.47. The van der Waals surface area contributed by atoms with E-state index < -0.39 is 8.32 Å². The standard InChI is InChI=1S/C28H46O5Si/c1-22(31-21-23-13-15-24(30-5)16-14-23)11-9-8-10-12-25-17-18-27(26(32-25)19-20-29)33-34(6,7)28(2,3)4/h10,12-16,20,22,25-27H,8-9,11,17-19,21H2,1-7H3/b12-10+/t22-,25-,26+,27-/m0/s1. The lowest BCUT2D eigenvalue weighted by Gasteiger charge is -2.43. The number of methoxy groups -OCH3 is 1. The number of rotatable bonds is 13. The summed E-state index contributed by atoms with van der Waals surface area (Å²) in [6, 6.07) is 8.00. The molecular weight excluding hydrogens is 444 g/mol. The summed E-state index contributed by atoms with van der Waals surface area (Å²) in [4.78, 5) is 11.3. The summed E-state index contributed by atoms with van der Waals surface area (Å²) in [6.07, 6.45) is 10.8. The van der Waals surface area contributed by atoms with Crippen LogP contribution in [-0.2, 0) is 25.3 Å². The second-order valence-corrected chi connectivity index (χ2v) is 15.7. The molecule has 1 aromatic carbocycles. The number of aldehydes is 1. The molecule has 1 aliphatic rings. The number of allylic oxidation sites excluding steroid dienone is 1. The van der Waals surface area contributed by atoms with Crippen molar-refractivity contribution < 1.29 is 23.4 Å². The van der Waals surface area contributed by atoms with Crippen LogP contribution in [0.1, 0.15) is 71.8 Å². The van der Waals surface area contributed by atoms with Crippen LogP contribution >= 0.6 is 0 Å². The van der Waals surface area contributed by atoms with Crippen LogP contribution in [0.2, 0.25) is 18.1 Å². The first-order valence-corrected chi connectivity index (χ1v) is 15.6. The van der Waals surface area contributed by atoms with E-state index in [1.807, 2.05) is 24.3 Å². The van der Waals surface area contributed by atoms with E-state index >= 15 is 0 Å². The fourth-order valence-electron chi connectivity index (χ4n) is 3.84. The molecule has 0 aromatic heterocycles. The first-order valence-electron chi connectivity index (χ1n) is 12.7. The van der Waals surface area contributed by atoms with E-state index in [2.05, 4.69) is 52.9 Å². The van der Waals surface area contributed by atoms with Gasteiger partial charge in [-0.1, -0.05) is 45.1 Å². The van der Waals surface area contributed by atoms with Crippen molar-refractivity contribution in [1.82, 2.24) is 0 Å². The molecule has 0 bridgehead atoms. The van der Waals surface area contributed by atoms with Crippen LogP contribution in [0.15, 0.2) is 36.4 Å². The first-order chi connectivity index (χ1) is 16.1. The fourth-order valence-corrected chi connectivity index (χ4v) is 5.22. The van der Waals surface area contributed by atoms with Crippen LogP contribution < -0.4 is 4.74 Å². The topological polar surface area (TPSA) is 54.0 Å². The quantitative estimate of drug-likeness (QED) is 0.131. The molecule has 1 fully saturated rings. The predicted molar refractivity (Wildman–Crippen MR) is 141 cm³/mol. The van der Waals surface area contributed by atoms with Gasteiger partial charge < -0.3 is 23.4 Å². The fraction of sp³-hybridized carbons (Fsp3) is 0.679. The maximum absolute atomic E-state index is 11.3. The Morgan fingerprint density at radius 3 is 2.50 bits per heavy atom. The summed E-state index contributed by atoms with van der Waals surface area (Å²) in [7, 11) is -0.223. The van der Waals surface area contributed by atoms with E-state index in [-0.39, 0.29) is 29.5 Å². The van der Waals surface area contributed by atoms with Gasteiger partial charge in [0.25, 0.3) is 0 Å². The molecule has 4 atom stereocenters. The molecule has 0 spiro atoms. The van der Waals surface area contributed by atoms with Crippen molar-refractivity contribution in [1.29, 1.82) is 0 Å². The Morgan fingerprint density at radius 1 is 1.18 bits per heavy atom. The summed E-state index contributed by atoms with van der Waals surface area (Å²) in [5.41, 5.74) is 1.16. The third-order valence-electron chi connectivity index (χ3n) is 7.11. The van der Waals surface area contributed by atoms with Crippen LogP contribution in [0.25, 0.3) is 0 Å². The smallest absolute Gasteiger partial charge is 0.192 e. The second-order valence-electron chi connectivity index (χ2n) is 10.9. The summed E-state index contributed by atoms with van der Waals surface area (Å²) in [5.74, 6) is 0.863. The Bertz CT molecular complexity index is 753. The minimum Gasteiger partial charge on any atom is -0.497 e.